The molecule has 1 aromatic heterocycles. The molecule has 1 aromatic carbocycles. The maximum atomic E-state index is 12.5. The van der Waals surface area contributed by atoms with Gasteiger partial charge in [0.05, 0.1) is 17.7 Å². The van der Waals surface area contributed by atoms with Crippen molar-refractivity contribution in [2.75, 3.05) is 13.1 Å². The Morgan fingerprint density at radius 3 is 2.60 bits per heavy atom. The van der Waals surface area contributed by atoms with Gasteiger partial charge in [-0.25, -0.2) is 4.98 Å². The average molecular weight is 270 g/mol. The predicted molar refractivity (Wildman–Crippen MR) is 77.7 cm³/mol. The highest BCUT2D eigenvalue weighted by Gasteiger charge is 2.27. The summed E-state index contributed by atoms with van der Waals surface area (Å²) in [6, 6.07) is 11.6. The van der Waals surface area contributed by atoms with Gasteiger partial charge >= 0.3 is 0 Å². The second kappa shape index (κ2) is 5.21. The van der Waals surface area contributed by atoms with Gasteiger partial charge in [-0.2, -0.15) is 0 Å². The Morgan fingerprint density at radius 2 is 1.85 bits per heavy atom. The van der Waals surface area contributed by atoms with Crippen LogP contribution in [0.15, 0.2) is 36.4 Å². The molecule has 2 aromatic rings. The second-order valence-corrected chi connectivity index (χ2v) is 5.36. The predicted octanol–water partition coefficient (Wildman–Crippen LogP) is 2.48. The van der Waals surface area contributed by atoms with E-state index >= 15 is 0 Å². The van der Waals surface area contributed by atoms with Gasteiger partial charge in [0, 0.05) is 18.5 Å². The number of carbonyl (C=O) groups is 1. The zero-order valence-corrected chi connectivity index (χ0v) is 11.7. The van der Waals surface area contributed by atoms with Crippen molar-refractivity contribution in [3.05, 3.63) is 42.1 Å². The molecule has 1 aliphatic heterocycles. The van der Waals surface area contributed by atoms with Crippen molar-refractivity contribution in [1.82, 2.24) is 9.88 Å². The number of pyridine rings is 1. The number of hydrogen-bond donors (Lipinski definition) is 0. The summed E-state index contributed by atoms with van der Waals surface area (Å²) >= 11 is 0. The van der Waals surface area contributed by atoms with Crippen LogP contribution in [0.25, 0.3) is 10.9 Å². The van der Waals surface area contributed by atoms with Crippen LogP contribution in [-0.4, -0.2) is 41.1 Å². The summed E-state index contributed by atoms with van der Waals surface area (Å²) in [6.45, 7) is 5.23. The lowest BCUT2D eigenvalue weighted by Gasteiger charge is -2.35. The highest BCUT2D eigenvalue weighted by Crippen LogP contribution is 2.16. The summed E-state index contributed by atoms with van der Waals surface area (Å²) in [7, 11) is 0. The SMILES string of the molecule is C[C@@H]1CN(C(=O)c2ccc3ccccc3n2)C[C@@H](C)O1. The van der Waals surface area contributed by atoms with Crippen LogP contribution in [0.3, 0.4) is 0 Å². The van der Waals surface area contributed by atoms with Crippen molar-refractivity contribution >= 4 is 16.8 Å². The van der Waals surface area contributed by atoms with E-state index in [2.05, 4.69) is 4.98 Å². The second-order valence-electron chi connectivity index (χ2n) is 5.36. The van der Waals surface area contributed by atoms with Crippen LogP contribution in [-0.2, 0) is 4.74 Å². The molecule has 3 rings (SSSR count). The first kappa shape index (κ1) is 13.1. The van der Waals surface area contributed by atoms with Gasteiger partial charge in [0.1, 0.15) is 5.69 Å². The lowest BCUT2D eigenvalue weighted by Crippen LogP contribution is -2.48. The van der Waals surface area contributed by atoms with Gasteiger partial charge in [-0.05, 0) is 26.0 Å². The topological polar surface area (TPSA) is 42.4 Å². The number of hydrogen-bond acceptors (Lipinski definition) is 3. The van der Waals surface area contributed by atoms with Crippen LogP contribution < -0.4 is 0 Å². The fraction of sp³-hybridized carbons (Fsp3) is 0.375. The summed E-state index contributed by atoms with van der Waals surface area (Å²) in [6.07, 6.45) is 0.145. The number of rotatable bonds is 1. The van der Waals surface area contributed by atoms with Crippen LogP contribution in [0, 0.1) is 0 Å². The molecule has 1 aliphatic rings. The molecule has 4 heteroatoms. The van der Waals surface area contributed by atoms with E-state index in [4.69, 9.17) is 4.74 Å². The molecule has 0 radical (unpaired) electrons. The van der Waals surface area contributed by atoms with Gasteiger partial charge in [0.25, 0.3) is 5.91 Å². The van der Waals surface area contributed by atoms with E-state index in [0.717, 1.165) is 10.9 Å². The van der Waals surface area contributed by atoms with Gasteiger partial charge in [-0.3, -0.25) is 4.79 Å². The Bertz CT molecular complexity index is 631. The van der Waals surface area contributed by atoms with Crippen molar-refractivity contribution in [2.24, 2.45) is 0 Å². The molecule has 20 heavy (non-hydrogen) atoms. The van der Waals surface area contributed by atoms with Crippen LogP contribution in [0.4, 0.5) is 0 Å². The summed E-state index contributed by atoms with van der Waals surface area (Å²) in [5.41, 5.74) is 1.36. The van der Waals surface area contributed by atoms with E-state index in [1.54, 1.807) is 6.07 Å². The Balaban J connectivity index is 1.88. The number of fused-ring (bicyclic) bond motifs is 1. The molecule has 0 aliphatic carbocycles. The molecular weight excluding hydrogens is 252 g/mol. The highest BCUT2D eigenvalue weighted by atomic mass is 16.5. The molecule has 1 saturated heterocycles. The summed E-state index contributed by atoms with van der Waals surface area (Å²) in [4.78, 5) is 18.8. The Kier molecular flexibility index (Phi) is 3.40. The molecule has 0 unspecified atom stereocenters. The van der Waals surface area contributed by atoms with Gasteiger partial charge < -0.3 is 9.64 Å². The van der Waals surface area contributed by atoms with Crippen LogP contribution >= 0.6 is 0 Å². The first-order valence-electron chi connectivity index (χ1n) is 6.94. The molecule has 0 saturated carbocycles. The Labute approximate surface area is 118 Å². The van der Waals surface area contributed by atoms with E-state index in [1.165, 1.54) is 0 Å². The monoisotopic (exact) mass is 270 g/mol. The third-order valence-electron chi connectivity index (χ3n) is 3.52. The standard InChI is InChI=1S/C16H18N2O2/c1-11-9-18(10-12(2)20-11)16(19)15-8-7-13-5-3-4-6-14(13)17-15/h3-8,11-12H,9-10H2,1-2H3/t11-,12-/m1/s1. The number of nitrogens with zero attached hydrogens (tertiary/aromatic N) is 2. The van der Waals surface area contributed by atoms with Crippen LogP contribution in [0.5, 0.6) is 0 Å². The molecule has 0 spiro atoms. The Morgan fingerprint density at radius 1 is 1.15 bits per heavy atom. The van der Waals surface area contributed by atoms with E-state index < -0.39 is 0 Å². The zero-order valence-electron chi connectivity index (χ0n) is 11.7. The number of amides is 1. The minimum Gasteiger partial charge on any atom is -0.372 e. The van der Waals surface area contributed by atoms with Gasteiger partial charge in [0.15, 0.2) is 0 Å². The van der Waals surface area contributed by atoms with E-state index in [1.807, 2.05) is 49.1 Å². The van der Waals surface area contributed by atoms with Crippen molar-refractivity contribution in [1.29, 1.82) is 0 Å². The van der Waals surface area contributed by atoms with Crippen molar-refractivity contribution in [3.8, 4) is 0 Å². The lowest BCUT2D eigenvalue weighted by molar-refractivity contribution is -0.0587. The molecule has 0 N–H and O–H groups in total. The van der Waals surface area contributed by atoms with Crippen LogP contribution in [0.1, 0.15) is 24.3 Å². The molecule has 0 bridgehead atoms. The third-order valence-corrected chi connectivity index (χ3v) is 3.52. The van der Waals surface area contributed by atoms with E-state index in [9.17, 15) is 4.79 Å². The molecule has 2 atom stereocenters. The third kappa shape index (κ3) is 2.51. The smallest absolute Gasteiger partial charge is 0.272 e. The van der Waals surface area contributed by atoms with Crippen LogP contribution in [0.2, 0.25) is 0 Å². The van der Waals surface area contributed by atoms with Gasteiger partial charge in [-0.1, -0.05) is 24.3 Å². The average Bonchev–Trinajstić information content (AvgIpc) is 2.45. The van der Waals surface area contributed by atoms with Gasteiger partial charge in [-0.15, -0.1) is 0 Å². The maximum Gasteiger partial charge on any atom is 0.272 e. The number of carbonyl (C=O) groups excluding carboxylic acids is 1. The normalized spacial score (nSPS) is 23.0. The van der Waals surface area contributed by atoms with Crippen molar-refractivity contribution in [2.45, 2.75) is 26.1 Å². The van der Waals surface area contributed by atoms with Crippen molar-refractivity contribution < 1.29 is 9.53 Å². The molecule has 2 heterocycles. The van der Waals surface area contributed by atoms with Gasteiger partial charge in [0.2, 0.25) is 0 Å². The first-order chi connectivity index (χ1) is 9.63. The summed E-state index contributed by atoms with van der Waals surface area (Å²) in [5.74, 6) is -0.0160. The zero-order chi connectivity index (χ0) is 14.1. The molecule has 4 nitrogen and oxygen atoms in total. The number of benzene rings is 1. The Hall–Kier alpha value is -1.94. The number of aromatic nitrogens is 1. The molecule has 1 amide bonds. The highest BCUT2D eigenvalue weighted by molar-refractivity contribution is 5.95. The number of para-hydroxylation sites is 1. The maximum absolute atomic E-state index is 12.5. The largest absolute Gasteiger partial charge is 0.372 e. The minimum atomic E-state index is -0.0160. The molecular formula is C16H18N2O2. The molecule has 1 fully saturated rings. The quantitative estimate of drug-likeness (QED) is 0.799. The lowest BCUT2D eigenvalue weighted by atomic mass is 10.1. The summed E-state index contributed by atoms with van der Waals surface area (Å²) < 4.78 is 5.66. The minimum absolute atomic E-state index is 0.0160. The number of morpholine rings is 1. The summed E-state index contributed by atoms with van der Waals surface area (Å²) in [5, 5.41) is 1.05. The first-order valence-corrected chi connectivity index (χ1v) is 6.94. The fourth-order valence-electron chi connectivity index (χ4n) is 2.69. The van der Waals surface area contributed by atoms with E-state index in [0.29, 0.717) is 18.8 Å². The van der Waals surface area contributed by atoms with E-state index in [-0.39, 0.29) is 18.1 Å². The number of ether oxygens (including phenoxy) is 1. The fourth-order valence-corrected chi connectivity index (χ4v) is 2.69. The molecule has 104 valence electrons. The van der Waals surface area contributed by atoms with Crippen molar-refractivity contribution in [3.63, 3.8) is 0 Å².